The molecule has 0 heterocycles. The fourth-order valence-electron chi connectivity index (χ4n) is 7.12. The van der Waals surface area contributed by atoms with Crippen LogP contribution in [-0.4, -0.2) is 25.7 Å². The number of carbonyl (C=O) groups is 3. The molecular weight excluding hydrogens is 316 g/mol. The van der Waals surface area contributed by atoms with Crippen molar-refractivity contribution in [2.24, 2.45) is 33.5 Å². The molecule has 0 unspecified atom stereocenters. The molecule has 0 aromatic rings. The lowest BCUT2D eigenvalue weighted by Gasteiger charge is -2.64. The molecule has 140 valence electrons. The van der Waals surface area contributed by atoms with E-state index in [1.165, 1.54) is 13.4 Å². The molecule has 3 aliphatic carbocycles. The normalized spacial score (nSPS) is 49.4. The third-order valence-corrected chi connectivity index (χ3v) is 8.30. The Labute approximate surface area is 151 Å². The molecular formula is C21H32O4. The lowest BCUT2D eigenvalue weighted by molar-refractivity contribution is -0.183. The first-order valence-corrected chi connectivity index (χ1v) is 9.71. The summed E-state index contributed by atoms with van der Waals surface area (Å²) >= 11 is 0. The van der Waals surface area contributed by atoms with Gasteiger partial charge >= 0.3 is 5.97 Å². The molecule has 3 fully saturated rings. The second-order valence-electron chi connectivity index (χ2n) is 9.75. The summed E-state index contributed by atoms with van der Waals surface area (Å²) in [7, 11) is 1.43. The predicted molar refractivity (Wildman–Crippen MR) is 94.8 cm³/mol. The van der Waals surface area contributed by atoms with Crippen molar-refractivity contribution in [3.63, 3.8) is 0 Å². The number of hydrogen-bond donors (Lipinski definition) is 0. The Balaban J connectivity index is 1.99. The maximum Gasteiger partial charge on any atom is 0.311 e. The van der Waals surface area contributed by atoms with Crippen molar-refractivity contribution >= 4 is 18.5 Å². The summed E-state index contributed by atoms with van der Waals surface area (Å²) in [6.45, 7) is 6.37. The van der Waals surface area contributed by atoms with Crippen LogP contribution in [0.2, 0.25) is 0 Å². The van der Waals surface area contributed by atoms with Gasteiger partial charge in [-0.2, -0.15) is 0 Å². The number of fused-ring (bicyclic) bond motifs is 3. The Bertz CT molecular complexity index is 586. The number of aldehydes is 2. The molecule has 25 heavy (non-hydrogen) atoms. The average Bonchev–Trinajstić information content (AvgIpc) is 2.60. The van der Waals surface area contributed by atoms with Crippen LogP contribution >= 0.6 is 0 Å². The topological polar surface area (TPSA) is 60.4 Å². The first-order chi connectivity index (χ1) is 11.7. The SMILES string of the molecule is COC(=O)[C@@]1(C)CC[C@@H]2[C@](C=O)(CC[C@H]3[C@@]2(C)CCC[C@@]3(C)C=O)C1. The summed E-state index contributed by atoms with van der Waals surface area (Å²) in [6, 6.07) is 0. The van der Waals surface area contributed by atoms with Crippen LogP contribution in [0.25, 0.3) is 0 Å². The highest BCUT2D eigenvalue weighted by Gasteiger charge is 2.64. The Hall–Kier alpha value is -1.19. The molecule has 3 rings (SSSR count). The van der Waals surface area contributed by atoms with Crippen molar-refractivity contribution in [3.8, 4) is 0 Å². The number of carbonyl (C=O) groups excluding carboxylic acids is 3. The highest BCUT2D eigenvalue weighted by Crippen LogP contribution is 2.68. The fraction of sp³-hybridized carbons (Fsp3) is 0.857. The van der Waals surface area contributed by atoms with E-state index in [4.69, 9.17) is 4.74 Å². The minimum atomic E-state index is -0.571. The van der Waals surface area contributed by atoms with Crippen LogP contribution in [0.1, 0.15) is 72.1 Å². The van der Waals surface area contributed by atoms with Gasteiger partial charge in [0, 0.05) is 10.8 Å². The summed E-state index contributed by atoms with van der Waals surface area (Å²) in [4.78, 5) is 36.6. The molecule has 3 aliphatic rings. The molecule has 0 aliphatic heterocycles. The Morgan fingerprint density at radius 2 is 1.64 bits per heavy atom. The van der Waals surface area contributed by atoms with Crippen LogP contribution in [0.5, 0.6) is 0 Å². The fourth-order valence-corrected chi connectivity index (χ4v) is 7.12. The van der Waals surface area contributed by atoms with E-state index >= 15 is 0 Å². The molecule has 0 amide bonds. The molecule has 0 bridgehead atoms. The van der Waals surface area contributed by atoms with Crippen LogP contribution in [0.15, 0.2) is 0 Å². The highest BCUT2D eigenvalue weighted by molar-refractivity contribution is 5.78. The van der Waals surface area contributed by atoms with E-state index in [9.17, 15) is 14.4 Å². The van der Waals surface area contributed by atoms with Gasteiger partial charge in [-0.1, -0.05) is 20.3 Å². The Kier molecular flexibility index (Phi) is 4.40. The number of methoxy groups -OCH3 is 1. The second kappa shape index (κ2) is 5.92. The molecule has 0 aromatic carbocycles. The molecule has 6 atom stereocenters. The van der Waals surface area contributed by atoms with Gasteiger partial charge in [0.2, 0.25) is 0 Å². The Morgan fingerprint density at radius 3 is 2.24 bits per heavy atom. The van der Waals surface area contributed by atoms with Gasteiger partial charge in [-0.3, -0.25) is 4.79 Å². The third kappa shape index (κ3) is 2.50. The standard InChI is InChI=1S/C21H32O4/c1-18(17(24)25-4)10-6-16-20(3)9-5-8-19(2,13-22)15(20)7-11-21(16,12-18)14-23/h13-16H,5-12H2,1-4H3/t15-,16+,18+,19+,20-,21-/m1/s1. The molecule has 4 heteroatoms. The first kappa shape index (κ1) is 18.6. The highest BCUT2D eigenvalue weighted by atomic mass is 16.5. The molecule has 0 saturated heterocycles. The zero-order valence-electron chi connectivity index (χ0n) is 16.1. The third-order valence-electron chi connectivity index (χ3n) is 8.30. The van der Waals surface area contributed by atoms with E-state index in [1.807, 2.05) is 6.92 Å². The monoisotopic (exact) mass is 348 g/mol. The van der Waals surface area contributed by atoms with E-state index in [0.29, 0.717) is 12.3 Å². The quantitative estimate of drug-likeness (QED) is 0.572. The number of ether oxygens (including phenoxy) is 1. The van der Waals surface area contributed by atoms with Crippen molar-refractivity contribution in [1.82, 2.24) is 0 Å². The van der Waals surface area contributed by atoms with Crippen LogP contribution < -0.4 is 0 Å². The van der Waals surface area contributed by atoms with Crippen LogP contribution in [0.3, 0.4) is 0 Å². The lowest BCUT2D eigenvalue weighted by Crippen LogP contribution is -2.60. The smallest absolute Gasteiger partial charge is 0.311 e. The summed E-state index contributed by atoms with van der Waals surface area (Å²) in [5.74, 6) is 0.404. The lowest BCUT2D eigenvalue weighted by atomic mass is 9.39. The van der Waals surface area contributed by atoms with Gasteiger partial charge in [0.15, 0.2) is 0 Å². The van der Waals surface area contributed by atoms with Gasteiger partial charge in [-0.05, 0) is 69.1 Å². The van der Waals surface area contributed by atoms with Gasteiger partial charge in [0.25, 0.3) is 0 Å². The number of rotatable bonds is 3. The van der Waals surface area contributed by atoms with Gasteiger partial charge in [-0.25, -0.2) is 0 Å². The molecule has 0 N–H and O–H groups in total. The van der Waals surface area contributed by atoms with Gasteiger partial charge in [0.05, 0.1) is 12.5 Å². The molecule has 4 nitrogen and oxygen atoms in total. The van der Waals surface area contributed by atoms with Crippen LogP contribution in [-0.2, 0) is 19.1 Å². The van der Waals surface area contributed by atoms with E-state index in [1.54, 1.807) is 0 Å². The zero-order chi connectivity index (χ0) is 18.5. The van der Waals surface area contributed by atoms with Crippen LogP contribution in [0, 0.1) is 33.5 Å². The van der Waals surface area contributed by atoms with Crippen molar-refractivity contribution in [1.29, 1.82) is 0 Å². The van der Waals surface area contributed by atoms with Gasteiger partial charge in [-0.15, -0.1) is 0 Å². The predicted octanol–water partition coefficient (Wildman–Crippen LogP) is 3.96. The Morgan fingerprint density at radius 1 is 0.960 bits per heavy atom. The second-order valence-corrected chi connectivity index (χ2v) is 9.75. The van der Waals surface area contributed by atoms with Crippen molar-refractivity contribution in [2.45, 2.75) is 72.1 Å². The zero-order valence-corrected chi connectivity index (χ0v) is 16.1. The van der Waals surface area contributed by atoms with E-state index in [-0.39, 0.29) is 22.7 Å². The van der Waals surface area contributed by atoms with Gasteiger partial charge in [0.1, 0.15) is 12.6 Å². The molecule has 0 radical (unpaired) electrons. The van der Waals surface area contributed by atoms with Gasteiger partial charge < -0.3 is 14.3 Å². The largest absolute Gasteiger partial charge is 0.469 e. The summed E-state index contributed by atoms with van der Waals surface area (Å²) in [5, 5.41) is 0. The average molecular weight is 348 g/mol. The minimum absolute atomic E-state index is 0.00448. The summed E-state index contributed by atoms with van der Waals surface area (Å²) in [6.07, 6.45) is 9.30. The maximum absolute atomic E-state index is 12.3. The van der Waals surface area contributed by atoms with E-state index in [2.05, 4.69) is 13.8 Å². The summed E-state index contributed by atoms with van der Waals surface area (Å²) in [5.41, 5.74) is -1.29. The number of hydrogen-bond acceptors (Lipinski definition) is 4. The maximum atomic E-state index is 12.3. The van der Waals surface area contributed by atoms with Crippen molar-refractivity contribution in [3.05, 3.63) is 0 Å². The van der Waals surface area contributed by atoms with Crippen LogP contribution in [0.4, 0.5) is 0 Å². The van der Waals surface area contributed by atoms with E-state index in [0.717, 1.165) is 51.2 Å². The van der Waals surface area contributed by atoms with Crippen molar-refractivity contribution in [2.75, 3.05) is 7.11 Å². The summed E-state index contributed by atoms with van der Waals surface area (Å²) < 4.78 is 5.04. The molecule has 0 aromatic heterocycles. The first-order valence-electron chi connectivity index (χ1n) is 9.71. The van der Waals surface area contributed by atoms with Crippen molar-refractivity contribution < 1.29 is 19.1 Å². The number of esters is 1. The minimum Gasteiger partial charge on any atom is -0.469 e. The van der Waals surface area contributed by atoms with E-state index < -0.39 is 10.8 Å². The molecule has 3 saturated carbocycles. The molecule has 0 spiro atoms.